The van der Waals surface area contributed by atoms with Gasteiger partial charge in [0.1, 0.15) is 5.75 Å². The quantitative estimate of drug-likeness (QED) is 0.0575. The summed E-state index contributed by atoms with van der Waals surface area (Å²) in [7, 11) is 0. The van der Waals surface area contributed by atoms with Crippen molar-refractivity contribution in [2.75, 3.05) is 32.8 Å². The molecule has 1 aromatic heterocycles. The van der Waals surface area contributed by atoms with Gasteiger partial charge in [-0.3, -0.25) is 14.5 Å². The lowest BCUT2D eigenvalue weighted by molar-refractivity contribution is -0.164. The molecule has 10 nitrogen and oxygen atoms in total. The number of nitrogens with zero attached hydrogens (tertiary/aromatic N) is 1. The molecule has 2 heterocycles. The van der Waals surface area contributed by atoms with Crippen LogP contribution < -0.4 is 16.2 Å². The summed E-state index contributed by atoms with van der Waals surface area (Å²) in [6, 6.07) is 40.7. The van der Waals surface area contributed by atoms with E-state index < -0.39 is 11.6 Å². The van der Waals surface area contributed by atoms with E-state index in [2.05, 4.69) is 44.8 Å². The molecule has 1 aliphatic heterocycles. The van der Waals surface area contributed by atoms with Crippen molar-refractivity contribution in [2.24, 2.45) is 5.92 Å². The van der Waals surface area contributed by atoms with Gasteiger partial charge in [0, 0.05) is 36.7 Å². The Bertz CT molecular complexity index is 2360. The van der Waals surface area contributed by atoms with Crippen LogP contribution in [0.4, 0.5) is 0 Å². The lowest BCUT2D eigenvalue weighted by atomic mass is 9.85. The lowest BCUT2D eigenvalue weighted by Gasteiger charge is -2.33. The van der Waals surface area contributed by atoms with E-state index in [9.17, 15) is 24.6 Å². The molecule has 1 atom stereocenters. The number of phenols is 1. The molecule has 6 aromatic rings. The zero-order chi connectivity index (χ0) is 40.3. The number of likely N-dealkylation sites (tertiary alicyclic amines) is 1. The van der Waals surface area contributed by atoms with Crippen LogP contribution in [0.15, 0.2) is 138 Å². The van der Waals surface area contributed by atoms with Crippen LogP contribution >= 0.6 is 0 Å². The topological polar surface area (TPSA) is 144 Å². The molecule has 0 saturated carbocycles. The highest BCUT2D eigenvalue weighted by Crippen LogP contribution is 2.33. The fourth-order valence-electron chi connectivity index (χ4n) is 7.65. The van der Waals surface area contributed by atoms with Crippen molar-refractivity contribution in [3.8, 4) is 5.75 Å². The van der Waals surface area contributed by atoms with Gasteiger partial charge in [0.2, 0.25) is 11.2 Å². The van der Waals surface area contributed by atoms with Crippen LogP contribution in [0.3, 0.4) is 0 Å². The van der Waals surface area contributed by atoms with Gasteiger partial charge < -0.3 is 30.6 Å². The number of fused-ring (bicyclic) bond motifs is 1. The number of H-pyrrole nitrogens is 1. The Morgan fingerprint density at radius 1 is 0.759 bits per heavy atom. The zero-order valence-electron chi connectivity index (χ0n) is 32.5. The van der Waals surface area contributed by atoms with Gasteiger partial charge in [0.05, 0.1) is 12.1 Å². The van der Waals surface area contributed by atoms with Gasteiger partial charge in [0.15, 0.2) is 0 Å². The van der Waals surface area contributed by atoms with Crippen LogP contribution in [0, 0.1) is 5.92 Å². The summed E-state index contributed by atoms with van der Waals surface area (Å²) in [5, 5.41) is 29.5. The van der Waals surface area contributed by atoms with Crippen molar-refractivity contribution in [3.63, 3.8) is 0 Å². The lowest BCUT2D eigenvalue weighted by Crippen LogP contribution is -2.40. The number of pyridine rings is 1. The number of aromatic nitrogens is 1. The number of benzene rings is 5. The third kappa shape index (κ3) is 9.89. The number of esters is 1. The molecule has 1 amide bonds. The number of carbonyl (C=O) groups is 2. The molecule has 1 fully saturated rings. The van der Waals surface area contributed by atoms with Gasteiger partial charge in [-0.25, -0.2) is 4.79 Å². The van der Waals surface area contributed by atoms with E-state index in [0.29, 0.717) is 54.7 Å². The normalized spacial score (nSPS) is 14.5. The van der Waals surface area contributed by atoms with E-state index in [1.165, 1.54) is 11.6 Å². The Morgan fingerprint density at radius 3 is 2.22 bits per heavy atom. The predicted molar refractivity (Wildman–Crippen MR) is 225 cm³/mol. The number of aromatic amines is 1. The number of aromatic hydroxyl groups is 1. The maximum atomic E-state index is 13.8. The summed E-state index contributed by atoms with van der Waals surface area (Å²) in [5.74, 6) is -0.619. The Balaban J connectivity index is 0.893. The monoisotopic (exact) mass is 778 g/mol. The first-order chi connectivity index (χ1) is 28.3. The van der Waals surface area contributed by atoms with Crippen LogP contribution in [-0.2, 0) is 41.1 Å². The number of piperidine rings is 1. The van der Waals surface area contributed by atoms with Crippen LogP contribution in [0.2, 0.25) is 0 Å². The Hall–Kier alpha value is -6.07. The molecule has 1 saturated heterocycles. The maximum absolute atomic E-state index is 13.8. The summed E-state index contributed by atoms with van der Waals surface area (Å²) >= 11 is 0. The third-order valence-corrected chi connectivity index (χ3v) is 11.0. The van der Waals surface area contributed by atoms with Gasteiger partial charge >= 0.3 is 5.97 Å². The van der Waals surface area contributed by atoms with Crippen LogP contribution in [-0.4, -0.2) is 64.8 Å². The highest BCUT2D eigenvalue weighted by Gasteiger charge is 2.42. The Morgan fingerprint density at radius 2 is 1.47 bits per heavy atom. The largest absolute Gasteiger partial charge is 0.506 e. The minimum atomic E-state index is -1.99. The fourth-order valence-corrected chi connectivity index (χ4v) is 7.65. The number of hydrogen-bond donors (Lipinski definition) is 5. The van der Waals surface area contributed by atoms with Crippen molar-refractivity contribution in [1.29, 1.82) is 0 Å². The Labute approximate surface area is 338 Å². The maximum Gasteiger partial charge on any atom is 0.347 e. The van der Waals surface area contributed by atoms with E-state index in [-0.39, 0.29) is 29.7 Å². The van der Waals surface area contributed by atoms with Crippen molar-refractivity contribution >= 4 is 22.8 Å². The molecular weight excluding hydrogens is 729 g/mol. The SMILES string of the molecule is O=C(NCCc1cccc(C(O)(C(=O)OCC2CCN(Cc3ccccc3)CC2)c2ccccc2)c1)c1ccc(CNCCc2ccc(O)c3[nH]c(=O)ccc23)cc1. The summed E-state index contributed by atoms with van der Waals surface area (Å²) < 4.78 is 5.90. The van der Waals surface area contributed by atoms with Gasteiger partial charge in [-0.2, -0.15) is 0 Å². The van der Waals surface area contributed by atoms with E-state index in [1.807, 2.05) is 48.5 Å². The van der Waals surface area contributed by atoms with Crippen molar-refractivity contribution in [1.82, 2.24) is 20.5 Å². The molecule has 10 heteroatoms. The summed E-state index contributed by atoms with van der Waals surface area (Å²) in [6.07, 6.45) is 3.03. The first kappa shape index (κ1) is 40.1. The first-order valence-electron chi connectivity index (χ1n) is 20.0. The molecular formula is C48H50N4O6. The number of carbonyl (C=O) groups excluding carboxylic acids is 2. The molecule has 298 valence electrons. The number of ether oxygens (including phenoxy) is 1. The number of phenolic OH excluding ortho intramolecular Hbond substituents is 1. The Kier molecular flexibility index (Phi) is 13.1. The minimum absolute atomic E-state index is 0.0468. The van der Waals surface area contributed by atoms with E-state index in [1.54, 1.807) is 54.6 Å². The van der Waals surface area contributed by atoms with E-state index >= 15 is 0 Å². The van der Waals surface area contributed by atoms with Crippen LogP contribution in [0.1, 0.15) is 56.6 Å². The second-order valence-electron chi connectivity index (χ2n) is 15.1. The van der Waals surface area contributed by atoms with Gasteiger partial charge in [-0.05, 0) is 109 Å². The summed E-state index contributed by atoms with van der Waals surface area (Å²) in [6.45, 7) is 4.67. The molecule has 5 N–H and O–H groups in total. The second-order valence-corrected chi connectivity index (χ2v) is 15.1. The fraction of sp³-hybridized carbons (Fsp3) is 0.271. The molecule has 0 radical (unpaired) electrons. The van der Waals surface area contributed by atoms with Crippen molar-refractivity contribution in [2.45, 2.75) is 44.4 Å². The van der Waals surface area contributed by atoms with Gasteiger partial charge in [0.25, 0.3) is 5.91 Å². The molecule has 0 aliphatic carbocycles. The number of amides is 1. The van der Waals surface area contributed by atoms with Crippen LogP contribution in [0.25, 0.3) is 10.9 Å². The summed E-state index contributed by atoms with van der Waals surface area (Å²) in [5.41, 5.74) is 3.79. The summed E-state index contributed by atoms with van der Waals surface area (Å²) in [4.78, 5) is 43.7. The van der Waals surface area contributed by atoms with Gasteiger partial charge in [-0.15, -0.1) is 0 Å². The molecule has 1 unspecified atom stereocenters. The molecule has 0 bridgehead atoms. The molecule has 5 aromatic carbocycles. The van der Waals surface area contributed by atoms with Crippen molar-refractivity contribution in [3.05, 3.63) is 183 Å². The smallest absolute Gasteiger partial charge is 0.347 e. The average molecular weight is 779 g/mol. The van der Waals surface area contributed by atoms with Gasteiger partial charge in [-0.1, -0.05) is 103 Å². The standard InChI is InChI=1S/C48H50N4O6/c53-43-20-18-38(42-19-21-44(54)51-45(42)43)23-26-49-31-35-14-16-39(17-15-35)46(55)50-27-22-34-10-7-13-41(30-34)48(57,40-11-5-2-6-12-40)47(56)58-33-37-24-28-52(29-25-37)32-36-8-3-1-4-9-36/h1-21,30,37,49,53,57H,22-29,31-33H2,(H,50,55)(H,51,54). The first-order valence-corrected chi connectivity index (χ1v) is 20.0. The number of rotatable bonds is 16. The zero-order valence-corrected chi connectivity index (χ0v) is 32.5. The predicted octanol–water partition coefficient (Wildman–Crippen LogP) is 6.23. The number of hydrogen-bond acceptors (Lipinski definition) is 8. The van der Waals surface area contributed by atoms with E-state index in [4.69, 9.17) is 4.74 Å². The van der Waals surface area contributed by atoms with Crippen molar-refractivity contribution < 1.29 is 24.5 Å². The number of aliphatic hydroxyl groups is 1. The number of nitrogens with one attached hydrogen (secondary N) is 3. The highest BCUT2D eigenvalue weighted by atomic mass is 16.5. The molecule has 1 aliphatic rings. The highest BCUT2D eigenvalue weighted by molar-refractivity contribution is 5.94. The molecule has 0 spiro atoms. The molecule has 7 rings (SSSR count). The van der Waals surface area contributed by atoms with Crippen LogP contribution in [0.5, 0.6) is 5.75 Å². The second kappa shape index (κ2) is 18.9. The molecule has 58 heavy (non-hydrogen) atoms. The minimum Gasteiger partial charge on any atom is -0.506 e. The third-order valence-electron chi connectivity index (χ3n) is 11.0. The van der Waals surface area contributed by atoms with E-state index in [0.717, 1.165) is 54.6 Å². The average Bonchev–Trinajstić information content (AvgIpc) is 3.26.